The maximum absolute atomic E-state index is 13.5. The molecule has 0 saturated heterocycles. The zero-order valence-corrected chi connectivity index (χ0v) is 16.0. The lowest BCUT2D eigenvalue weighted by Crippen LogP contribution is -2.21. The van der Waals surface area contributed by atoms with Crippen molar-refractivity contribution in [2.75, 3.05) is 12.4 Å². The van der Waals surface area contributed by atoms with E-state index < -0.39 is 11.4 Å². The molecule has 1 aliphatic carbocycles. The summed E-state index contributed by atoms with van der Waals surface area (Å²) in [5.41, 5.74) is 2.86. The number of hydrogen-bond acceptors (Lipinski definition) is 4. The second kappa shape index (κ2) is 7.64. The van der Waals surface area contributed by atoms with Crippen LogP contribution in [0.5, 0.6) is 5.75 Å². The van der Waals surface area contributed by atoms with Crippen LogP contribution in [0.1, 0.15) is 29.2 Å². The highest BCUT2D eigenvalue weighted by atomic mass is 35.5. The van der Waals surface area contributed by atoms with Crippen LogP contribution in [0, 0.1) is 5.82 Å². The highest BCUT2D eigenvalue weighted by molar-refractivity contribution is 6.30. The lowest BCUT2D eigenvalue weighted by Gasteiger charge is -2.19. The zero-order chi connectivity index (χ0) is 19.7. The molecule has 0 bridgehead atoms. The molecule has 0 spiro atoms. The Morgan fingerprint density at radius 3 is 2.93 bits per heavy atom. The number of halogens is 2. The summed E-state index contributed by atoms with van der Waals surface area (Å²) in [6.45, 7) is 0.361. The number of anilines is 1. The van der Waals surface area contributed by atoms with Crippen LogP contribution in [0.3, 0.4) is 0 Å². The molecule has 4 rings (SSSR count). The number of rotatable bonds is 5. The average Bonchev–Trinajstić information content (AvgIpc) is 3.10. The van der Waals surface area contributed by atoms with Crippen LogP contribution in [-0.4, -0.2) is 16.7 Å². The smallest absolute Gasteiger partial charge is 0.316 e. The van der Waals surface area contributed by atoms with E-state index in [2.05, 4.69) is 22.4 Å². The van der Waals surface area contributed by atoms with Gasteiger partial charge in [0.15, 0.2) is 0 Å². The minimum absolute atomic E-state index is 0.0534. The molecule has 7 heteroatoms. The van der Waals surface area contributed by atoms with E-state index >= 15 is 0 Å². The number of ether oxygens (including phenoxy) is 1. The van der Waals surface area contributed by atoms with Gasteiger partial charge in [-0.25, -0.2) is 4.39 Å². The van der Waals surface area contributed by atoms with Crippen molar-refractivity contribution in [1.29, 1.82) is 0 Å². The first-order valence-corrected chi connectivity index (χ1v) is 9.36. The number of benzene rings is 2. The number of nitrogens with one attached hydrogen (secondary N) is 1. The van der Waals surface area contributed by atoms with Gasteiger partial charge in [0, 0.05) is 0 Å². The van der Waals surface area contributed by atoms with Crippen molar-refractivity contribution in [3.8, 4) is 5.75 Å². The quantitative estimate of drug-likeness (QED) is 0.698. The fourth-order valence-corrected chi connectivity index (χ4v) is 3.75. The summed E-state index contributed by atoms with van der Waals surface area (Å²) in [6, 6.07) is 12.9. The Bertz CT molecular complexity index is 1080. The summed E-state index contributed by atoms with van der Waals surface area (Å²) in [7, 11) is 1.43. The predicted molar refractivity (Wildman–Crippen MR) is 107 cm³/mol. The Kier molecular flexibility index (Phi) is 5.05. The topological polar surface area (TPSA) is 56.1 Å². The maximum Gasteiger partial charge on any atom is 0.316 e. The highest BCUT2D eigenvalue weighted by Gasteiger charge is 2.23. The van der Waals surface area contributed by atoms with E-state index in [1.54, 1.807) is 22.9 Å². The molecule has 2 aromatic carbocycles. The summed E-state index contributed by atoms with van der Waals surface area (Å²) in [4.78, 5) is 16.4. The minimum atomic E-state index is -0.470. The largest absolute Gasteiger partial charge is 0.490 e. The van der Waals surface area contributed by atoms with Crippen LogP contribution in [0.25, 0.3) is 0 Å². The molecule has 0 radical (unpaired) electrons. The Labute approximate surface area is 166 Å². The van der Waals surface area contributed by atoms with Gasteiger partial charge in [-0.1, -0.05) is 41.9 Å². The van der Waals surface area contributed by atoms with Crippen LogP contribution in [0.15, 0.2) is 53.5 Å². The molecule has 1 N–H and O–H groups in total. The monoisotopic (exact) mass is 399 g/mol. The lowest BCUT2D eigenvalue weighted by molar-refractivity contribution is 0.402. The third kappa shape index (κ3) is 3.60. The van der Waals surface area contributed by atoms with Crippen molar-refractivity contribution in [3.63, 3.8) is 0 Å². The van der Waals surface area contributed by atoms with E-state index in [4.69, 9.17) is 16.3 Å². The molecule has 0 fully saturated rings. The van der Waals surface area contributed by atoms with Crippen LogP contribution in [-0.2, 0) is 13.0 Å². The molecule has 0 saturated carbocycles. The van der Waals surface area contributed by atoms with Crippen LogP contribution < -0.4 is 15.6 Å². The van der Waals surface area contributed by atoms with Gasteiger partial charge in [0.1, 0.15) is 5.82 Å². The van der Waals surface area contributed by atoms with Crippen LogP contribution in [0.2, 0.25) is 5.02 Å². The standard InChI is InChI=1S/C21H19ClFN3O2/c1-28-19-12-26(11-13-6-8-17(23)16(22)10-13)21(25-20(19)27)24-18-9-7-14-4-2-3-5-15(14)18/h2-6,8,10,12,18H,7,9,11H2,1H3,(H,24,25,27)/t18-/m1/s1. The van der Waals surface area contributed by atoms with Crippen molar-refractivity contribution in [2.24, 2.45) is 0 Å². The fraction of sp³-hybridized carbons (Fsp3) is 0.238. The Morgan fingerprint density at radius 1 is 1.32 bits per heavy atom. The minimum Gasteiger partial charge on any atom is -0.490 e. The predicted octanol–water partition coefficient (Wildman–Crippen LogP) is 4.19. The molecular weight excluding hydrogens is 381 g/mol. The Balaban J connectivity index is 1.69. The number of fused-ring (bicyclic) bond motifs is 1. The van der Waals surface area contributed by atoms with Crippen LogP contribution >= 0.6 is 11.6 Å². The third-order valence-corrected chi connectivity index (χ3v) is 5.25. The second-order valence-electron chi connectivity index (χ2n) is 6.75. The highest BCUT2D eigenvalue weighted by Crippen LogP contribution is 2.33. The van der Waals surface area contributed by atoms with Crippen LogP contribution in [0.4, 0.5) is 10.3 Å². The normalized spacial score (nSPS) is 15.3. The molecule has 0 aliphatic heterocycles. The number of aryl methyl sites for hydroxylation is 1. The van der Waals surface area contributed by atoms with Gasteiger partial charge in [-0.05, 0) is 41.7 Å². The summed E-state index contributed by atoms with van der Waals surface area (Å²) in [5, 5.41) is 3.45. The summed E-state index contributed by atoms with van der Waals surface area (Å²) < 4.78 is 20.4. The first kappa shape index (κ1) is 18.5. The van der Waals surface area contributed by atoms with Gasteiger partial charge in [0.2, 0.25) is 11.7 Å². The van der Waals surface area contributed by atoms with Crippen molar-refractivity contribution in [3.05, 3.63) is 86.5 Å². The molecule has 3 aromatic rings. The molecule has 5 nitrogen and oxygen atoms in total. The molecule has 0 amide bonds. The molecule has 0 unspecified atom stereocenters. The molecule has 1 aliphatic rings. The number of methoxy groups -OCH3 is 1. The van der Waals surface area contributed by atoms with Crippen molar-refractivity contribution >= 4 is 17.5 Å². The fourth-order valence-electron chi connectivity index (χ4n) is 3.55. The van der Waals surface area contributed by atoms with Crippen molar-refractivity contribution in [2.45, 2.75) is 25.4 Å². The first-order valence-electron chi connectivity index (χ1n) is 8.99. The third-order valence-electron chi connectivity index (χ3n) is 4.96. The molecular formula is C21H19ClFN3O2. The maximum atomic E-state index is 13.5. The molecule has 28 heavy (non-hydrogen) atoms. The number of hydrogen-bond donors (Lipinski definition) is 1. The van der Waals surface area contributed by atoms with Gasteiger partial charge in [-0.2, -0.15) is 4.98 Å². The zero-order valence-electron chi connectivity index (χ0n) is 15.3. The number of aromatic nitrogens is 2. The Hall–Kier alpha value is -2.86. The molecule has 144 valence electrons. The van der Waals surface area contributed by atoms with Crippen molar-refractivity contribution < 1.29 is 9.13 Å². The second-order valence-corrected chi connectivity index (χ2v) is 7.16. The summed E-state index contributed by atoms with van der Waals surface area (Å²) in [5.74, 6) is 0.112. The average molecular weight is 400 g/mol. The van der Waals surface area contributed by atoms with Gasteiger partial charge in [0.05, 0.1) is 30.9 Å². The van der Waals surface area contributed by atoms with E-state index in [9.17, 15) is 9.18 Å². The summed E-state index contributed by atoms with van der Waals surface area (Å²) >= 11 is 5.91. The van der Waals surface area contributed by atoms with Gasteiger partial charge < -0.3 is 14.6 Å². The van der Waals surface area contributed by atoms with E-state index in [0.717, 1.165) is 18.4 Å². The van der Waals surface area contributed by atoms with Crippen molar-refractivity contribution in [1.82, 2.24) is 9.55 Å². The lowest BCUT2D eigenvalue weighted by atomic mass is 10.1. The van der Waals surface area contributed by atoms with Gasteiger partial charge >= 0.3 is 5.56 Å². The summed E-state index contributed by atoms with van der Waals surface area (Å²) in [6.07, 6.45) is 3.50. The van der Waals surface area contributed by atoms with E-state index in [-0.39, 0.29) is 16.8 Å². The molecule has 1 atom stereocenters. The van der Waals surface area contributed by atoms with Gasteiger partial charge in [0.25, 0.3) is 0 Å². The van der Waals surface area contributed by atoms with Gasteiger partial charge in [-0.15, -0.1) is 0 Å². The van der Waals surface area contributed by atoms with E-state index in [0.29, 0.717) is 12.5 Å². The Morgan fingerprint density at radius 2 is 2.14 bits per heavy atom. The SMILES string of the molecule is COc1cn(Cc2ccc(F)c(Cl)c2)c(N[C@@H]2CCc3ccccc32)nc1=O. The van der Waals surface area contributed by atoms with Gasteiger partial charge in [-0.3, -0.25) is 4.79 Å². The number of nitrogens with zero attached hydrogens (tertiary/aromatic N) is 2. The van der Waals surface area contributed by atoms with E-state index in [1.165, 1.54) is 24.3 Å². The molecule has 1 aromatic heterocycles. The molecule has 1 heterocycles. The first-order chi connectivity index (χ1) is 13.5. The van der Waals surface area contributed by atoms with E-state index in [1.807, 2.05) is 12.1 Å².